The van der Waals surface area contributed by atoms with E-state index in [1.807, 2.05) is 0 Å². The highest BCUT2D eigenvalue weighted by Gasteiger charge is 2.28. The first-order chi connectivity index (χ1) is 8.08. The molecule has 3 unspecified atom stereocenters. The average Bonchev–Trinajstić information content (AvgIpc) is 2.75. The van der Waals surface area contributed by atoms with E-state index in [2.05, 4.69) is 5.32 Å². The maximum Gasteiger partial charge on any atom is 0.223 e. The summed E-state index contributed by atoms with van der Waals surface area (Å²) in [5, 5.41) is 12.7. The molecule has 5 heteroatoms. The number of carbonyl (C=O) groups is 1. The van der Waals surface area contributed by atoms with E-state index in [9.17, 15) is 9.90 Å². The van der Waals surface area contributed by atoms with Crippen LogP contribution in [-0.2, 0) is 4.79 Å². The van der Waals surface area contributed by atoms with Crippen LogP contribution in [0.1, 0.15) is 25.7 Å². The molecular weight excluding hydrogens is 218 g/mol. The number of amides is 1. The van der Waals surface area contributed by atoms with Crippen molar-refractivity contribution in [2.24, 2.45) is 11.7 Å². The van der Waals surface area contributed by atoms with Gasteiger partial charge in [0.05, 0.1) is 0 Å². The van der Waals surface area contributed by atoms with Crippen LogP contribution < -0.4 is 11.1 Å². The van der Waals surface area contributed by atoms with Crippen LogP contribution in [0.5, 0.6) is 0 Å². The molecule has 0 spiro atoms. The van der Waals surface area contributed by atoms with Crippen LogP contribution in [0.3, 0.4) is 0 Å². The Kier molecular flexibility index (Phi) is 5.88. The summed E-state index contributed by atoms with van der Waals surface area (Å²) in [7, 11) is 3.50. The Morgan fingerprint density at radius 3 is 2.76 bits per heavy atom. The van der Waals surface area contributed by atoms with Gasteiger partial charge in [0, 0.05) is 45.8 Å². The third kappa shape index (κ3) is 4.26. The predicted molar refractivity (Wildman–Crippen MR) is 67.5 cm³/mol. The Hall–Kier alpha value is -0.650. The molecule has 1 saturated carbocycles. The molecule has 1 rings (SSSR count). The molecule has 0 heterocycles. The molecular formula is C12H25N3O2. The molecule has 5 nitrogen and oxygen atoms in total. The maximum atomic E-state index is 11.6. The third-order valence-electron chi connectivity index (χ3n) is 3.55. The van der Waals surface area contributed by atoms with Crippen molar-refractivity contribution < 1.29 is 9.90 Å². The van der Waals surface area contributed by atoms with Crippen molar-refractivity contribution in [1.29, 1.82) is 0 Å². The zero-order valence-electron chi connectivity index (χ0n) is 10.9. The fourth-order valence-electron chi connectivity index (χ4n) is 2.38. The van der Waals surface area contributed by atoms with Crippen molar-refractivity contribution in [3.05, 3.63) is 0 Å². The molecule has 1 fully saturated rings. The summed E-state index contributed by atoms with van der Waals surface area (Å²) in [5.74, 6) is 0.407. The Morgan fingerprint density at radius 2 is 2.24 bits per heavy atom. The van der Waals surface area contributed by atoms with Gasteiger partial charge in [0.1, 0.15) is 0 Å². The van der Waals surface area contributed by atoms with Crippen LogP contribution in [0.4, 0.5) is 0 Å². The summed E-state index contributed by atoms with van der Waals surface area (Å²) >= 11 is 0. The average molecular weight is 243 g/mol. The van der Waals surface area contributed by atoms with Crippen LogP contribution in [-0.4, -0.2) is 55.2 Å². The lowest BCUT2D eigenvalue weighted by molar-refractivity contribution is -0.129. The number of nitrogens with one attached hydrogen (secondary N) is 1. The lowest BCUT2D eigenvalue weighted by Gasteiger charge is -2.26. The van der Waals surface area contributed by atoms with E-state index in [1.54, 1.807) is 19.0 Å². The van der Waals surface area contributed by atoms with Gasteiger partial charge in [-0.2, -0.15) is 0 Å². The molecule has 17 heavy (non-hydrogen) atoms. The van der Waals surface area contributed by atoms with Crippen molar-refractivity contribution in [2.45, 2.75) is 37.8 Å². The summed E-state index contributed by atoms with van der Waals surface area (Å²) in [6, 6.07) is 0.325. The van der Waals surface area contributed by atoms with E-state index >= 15 is 0 Å². The highest BCUT2D eigenvalue weighted by molar-refractivity contribution is 5.76. The zero-order chi connectivity index (χ0) is 12.8. The van der Waals surface area contributed by atoms with Crippen LogP contribution in [0, 0.1) is 5.92 Å². The fraction of sp³-hybridized carbons (Fsp3) is 0.917. The summed E-state index contributed by atoms with van der Waals surface area (Å²) in [5.41, 5.74) is 5.69. The van der Waals surface area contributed by atoms with E-state index in [1.165, 1.54) is 0 Å². The molecule has 100 valence electrons. The number of nitrogens with two attached hydrogens (primary N) is 1. The lowest BCUT2D eigenvalue weighted by atomic mass is 10.0. The summed E-state index contributed by atoms with van der Waals surface area (Å²) < 4.78 is 0. The van der Waals surface area contributed by atoms with Gasteiger partial charge in [0.15, 0.2) is 0 Å². The number of hydrogen-bond donors (Lipinski definition) is 3. The van der Waals surface area contributed by atoms with Crippen molar-refractivity contribution in [1.82, 2.24) is 10.2 Å². The first-order valence-corrected chi connectivity index (χ1v) is 6.35. The van der Waals surface area contributed by atoms with Gasteiger partial charge in [-0.3, -0.25) is 4.79 Å². The molecule has 1 amide bonds. The number of aliphatic hydroxyl groups excluding tert-OH is 1. The van der Waals surface area contributed by atoms with Crippen LogP contribution >= 0.6 is 0 Å². The Bertz CT molecular complexity index is 246. The standard InChI is InChI=1S/C12H25N3O2/c1-15(2)12(17)6-10(7-13)14-11-5-3-4-9(11)8-16/h9-11,14,16H,3-8,13H2,1-2H3. The van der Waals surface area contributed by atoms with Gasteiger partial charge < -0.3 is 21.1 Å². The molecule has 3 atom stereocenters. The summed E-state index contributed by atoms with van der Waals surface area (Å²) in [6.45, 7) is 0.671. The highest BCUT2D eigenvalue weighted by Crippen LogP contribution is 2.25. The van der Waals surface area contributed by atoms with Gasteiger partial charge in [-0.05, 0) is 18.8 Å². The minimum absolute atomic E-state index is 0.0158. The number of rotatable bonds is 6. The number of nitrogens with zero attached hydrogens (tertiary/aromatic N) is 1. The van der Waals surface area contributed by atoms with Crippen LogP contribution in [0.15, 0.2) is 0 Å². The van der Waals surface area contributed by atoms with Gasteiger partial charge >= 0.3 is 0 Å². The number of hydrogen-bond acceptors (Lipinski definition) is 4. The van der Waals surface area contributed by atoms with Gasteiger partial charge in [-0.25, -0.2) is 0 Å². The van der Waals surface area contributed by atoms with Crippen molar-refractivity contribution in [2.75, 3.05) is 27.2 Å². The molecule has 0 bridgehead atoms. The first-order valence-electron chi connectivity index (χ1n) is 6.35. The van der Waals surface area contributed by atoms with E-state index in [4.69, 9.17) is 5.73 Å². The maximum absolute atomic E-state index is 11.6. The zero-order valence-corrected chi connectivity index (χ0v) is 10.9. The number of carbonyl (C=O) groups excluding carboxylic acids is 1. The molecule has 1 aliphatic rings. The van der Waals surface area contributed by atoms with Gasteiger partial charge in [0.2, 0.25) is 5.91 Å². The molecule has 0 saturated heterocycles. The molecule has 4 N–H and O–H groups in total. The first kappa shape index (κ1) is 14.4. The van der Waals surface area contributed by atoms with E-state index < -0.39 is 0 Å². The van der Waals surface area contributed by atoms with Gasteiger partial charge in [-0.15, -0.1) is 0 Å². The van der Waals surface area contributed by atoms with Crippen LogP contribution in [0.25, 0.3) is 0 Å². The monoisotopic (exact) mass is 243 g/mol. The van der Waals surface area contributed by atoms with Crippen molar-refractivity contribution in [3.63, 3.8) is 0 Å². The predicted octanol–water partition coefficient (Wildman–Crippen LogP) is -0.457. The number of aliphatic hydroxyl groups is 1. The summed E-state index contributed by atoms with van der Waals surface area (Å²) in [6.07, 6.45) is 3.70. The third-order valence-corrected chi connectivity index (χ3v) is 3.55. The second-order valence-corrected chi connectivity index (χ2v) is 5.07. The smallest absolute Gasteiger partial charge is 0.223 e. The largest absolute Gasteiger partial charge is 0.396 e. The van der Waals surface area contributed by atoms with E-state index in [0.29, 0.717) is 24.9 Å². The Labute approximate surface area is 103 Å². The topological polar surface area (TPSA) is 78.6 Å². The van der Waals surface area contributed by atoms with E-state index in [-0.39, 0.29) is 18.6 Å². The van der Waals surface area contributed by atoms with Crippen molar-refractivity contribution in [3.8, 4) is 0 Å². The minimum atomic E-state index is 0.0158. The molecule has 0 radical (unpaired) electrons. The van der Waals surface area contributed by atoms with Crippen LogP contribution in [0.2, 0.25) is 0 Å². The van der Waals surface area contributed by atoms with E-state index in [0.717, 1.165) is 19.3 Å². The lowest BCUT2D eigenvalue weighted by Crippen LogP contribution is -2.47. The second-order valence-electron chi connectivity index (χ2n) is 5.07. The minimum Gasteiger partial charge on any atom is -0.396 e. The Balaban J connectivity index is 2.43. The molecule has 0 aromatic carbocycles. The molecule has 0 aromatic heterocycles. The quantitative estimate of drug-likeness (QED) is 0.590. The summed E-state index contributed by atoms with van der Waals surface area (Å²) in [4.78, 5) is 13.2. The second kappa shape index (κ2) is 6.93. The fourth-order valence-corrected chi connectivity index (χ4v) is 2.38. The SMILES string of the molecule is CN(C)C(=O)CC(CN)NC1CCCC1CO. The van der Waals surface area contributed by atoms with Gasteiger partial charge in [0.25, 0.3) is 0 Å². The normalized spacial score (nSPS) is 25.9. The molecule has 0 aromatic rings. The molecule has 1 aliphatic carbocycles. The highest BCUT2D eigenvalue weighted by atomic mass is 16.3. The van der Waals surface area contributed by atoms with Crippen molar-refractivity contribution >= 4 is 5.91 Å². The molecule has 0 aliphatic heterocycles. The van der Waals surface area contributed by atoms with Gasteiger partial charge in [-0.1, -0.05) is 6.42 Å². The Morgan fingerprint density at radius 1 is 1.53 bits per heavy atom.